The van der Waals surface area contributed by atoms with Gasteiger partial charge >= 0.3 is 12.0 Å². The van der Waals surface area contributed by atoms with Gasteiger partial charge in [0, 0.05) is 17.8 Å². The fourth-order valence-corrected chi connectivity index (χ4v) is 1.97. The van der Waals surface area contributed by atoms with Gasteiger partial charge < -0.3 is 20.5 Å². The summed E-state index contributed by atoms with van der Waals surface area (Å²) in [4.78, 5) is 22.6. The van der Waals surface area contributed by atoms with Crippen molar-refractivity contribution in [3.05, 3.63) is 24.3 Å². The van der Waals surface area contributed by atoms with Gasteiger partial charge in [-0.15, -0.1) is 0 Å². The molecule has 116 valence electrons. The van der Waals surface area contributed by atoms with Crippen molar-refractivity contribution in [2.45, 2.75) is 39.2 Å². The predicted octanol–water partition coefficient (Wildman–Crippen LogP) is 2.85. The molecule has 3 N–H and O–H groups in total. The number of hydrogen-bond acceptors (Lipinski definition) is 3. The lowest BCUT2D eigenvalue weighted by molar-refractivity contribution is -0.137. The van der Waals surface area contributed by atoms with Crippen molar-refractivity contribution in [3.8, 4) is 5.75 Å². The van der Waals surface area contributed by atoms with Crippen LogP contribution in [0, 0.1) is 0 Å². The lowest BCUT2D eigenvalue weighted by atomic mass is 10.1. The molecule has 0 bridgehead atoms. The molecular weight excluding hydrogens is 272 g/mol. The summed E-state index contributed by atoms with van der Waals surface area (Å²) >= 11 is 0. The molecule has 0 aliphatic rings. The smallest absolute Gasteiger partial charge is 0.319 e. The molecule has 6 heteroatoms. The van der Waals surface area contributed by atoms with Gasteiger partial charge in [0.25, 0.3) is 0 Å². The van der Waals surface area contributed by atoms with Gasteiger partial charge in [0.1, 0.15) is 5.75 Å². The number of benzene rings is 1. The number of nitrogens with one attached hydrogen (secondary N) is 2. The topological polar surface area (TPSA) is 87.7 Å². The van der Waals surface area contributed by atoms with Crippen LogP contribution in [0.4, 0.5) is 10.5 Å². The molecule has 1 aromatic carbocycles. The molecule has 1 rings (SSSR count). The maximum atomic E-state index is 11.9. The average molecular weight is 294 g/mol. The number of carboxylic acids is 1. The van der Waals surface area contributed by atoms with Gasteiger partial charge in [0.05, 0.1) is 13.0 Å². The summed E-state index contributed by atoms with van der Waals surface area (Å²) in [6.45, 7) is 4.38. The fourth-order valence-electron chi connectivity index (χ4n) is 1.97. The third kappa shape index (κ3) is 6.65. The Morgan fingerprint density at radius 1 is 1.33 bits per heavy atom. The minimum Gasteiger partial charge on any atom is -0.494 e. The molecule has 0 fully saturated rings. The van der Waals surface area contributed by atoms with Crippen LogP contribution in [0.1, 0.15) is 33.1 Å². The highest BCUT2D eigenvalue weighted by molar-refractivity contribution is 5.89. The molecule has 0 radical (unpaired) electrons. The standard InChI is InChI=1S/C15H22N2O4/c1-3-6-11(10-14(18)19)16-15(20)17-12-7-5-8-13(9-12)21-4-2/h5,7-9,11H,3-4,6,10H2,1-2H3,(H,18,19)(H2,16,17,20). The van der Waals surface area contributed by atoms with E-state index >= 15 is 0 Å². The van der Waals surface area contributed by atoms with E-state index in [1.54, 1.807) is 24.3 Å². The van der Waals surface area contributed by atoms with Crippen molar-refractivity contribution in [1.29, 1.82) is 0 Å². The van der Waals surface area contributed by atoms with Crippen LogP contribution in [0.3, 0.4) is 0 Å². The van der Waals surface area contributed by atoms with Crippen LogP contribution in [-0.4, -0.2) is 29.8 Å². The number of aliphatic carboxylic acids is 1. The highest BCUT2D eigenvalue weighted by Gasteiger charge is 2.15. The number of anilines is 1. The Bertz CT molecular complexity index is 476. The second kappa shape index (κ2) is 8.84. The van der Waals surface area contributed by atoms with Gasteiger partial charge in [-0.3, -0.25) is 4.79 Å². The highest BCUT2D eigenvalue weighted by atomic mass is 16.5. The van der Waals surface area contributed by atoms with Gasteiger partial charge in [-0.2, -0.15) is 0 Å². The lowest BCUT2D eigenvalue weighted by Gasteiger charge is -2.16. The SMILES string of the molecule is CCCC(CC(=O)O)NC(=O)Nc1cccc(OCC)c1. The largest absolute Gasteiger partial charge is 0.494 e. The van der Waals surface area contributed by atoms with E-state index in [1.165, 1.54) is 0 Å². The molecule has 0 heterocycles. The normalized spacial score (nSPS) is 11.5. The number of urea groups is 1. The molecule has 0 aliphatic heterocycles. The van der Waals surface area contributed by atoms with Crippen molar-refractivity contribution in [1.82, 2.24) is 5.32 Å². The van der Waals surface area contributed by atoms with Crippen LogP contribution in [-0.2, 0) is 4.79 Å². The monoisotopic (exact) mass is 294 g/mol. The van der Waals surface area contributed by atoms with E-state index in [0.717, 1.165) is 6.42 Å². The number of carboxylic acid groups (broad SMARTS) is 1. The second-order valence-corrected chi connectivity index (χ2v) is 4.64. The summed E-state index contributed by atoms with van der Waals surface area (Å²) < 4.78 is 5.35. The van der Waals surface area contributed by atoms with Crippen LogP contribution < -0.4 is 15.4 Å². The first-order valence-electron chi connectivity index (χ1n) is 7.07. The van der Waals surface area contributed by atoms with Crippen molar-refractivity contribution in [3.63, 3.8) is 0 Å². The van der Waals surface area contributed by atoms with Gasteiger partial charge in [0.2, 0.25) is 0 Å². The Balaban J connectivity index is 2.58. The Morgan fingerprint density at radius 2 is 2.10 bits per heavy atom. The quantitative estimate of drug-likeness (QED) is 0.688. The van der Waals surface area contributed by atoms with E-state index in [-0.39, 0.29) is 12.5 Å². The minimum atomic E-state index is -0.924. The first-order valence-corrected chi connectivity index (χ1v) is 7.07. The average Bonchev–Trinajstić information content (AvgIpc) is 2.38. The first-order chi connectivity index (χ1) is 10.0. The van der Waals surface area contributed by atoms with Crippen molar-refractivity contribution in [2.75, 3.05) is 11.9 Å². The zero-order chi connectivity index (χ0) is 15.7. The molecule has 21 heavy (non-hydrogen) atoms. The maximum Gasteiger partial charge on any atom is 0.319 e. The number of amides is 2. The van der Waals surface area contributed by atoms with Crippen LogP contribution >= 0.6 is 0 Å². The van der Waals surface area contributed by atoms with Gasteiger partial charge in [-0.05, 0) is 25.5 Å². The van der Waals surface area contributed by atoms with Crippen molar-refractivity contribution >= 4 is 17.7 Å². The highest BCUT2D eigenvalue weighted by Crippen LogP contribution is 2.17. The summed E-state index contributed by atoms with van der Waals surface area (Å²) in [5.74, 6) is -0.252. The third-order valence-electron chi connectivity index (χ3n) is 2.80. The molecule has 1 unspecified atom stereocenters. The molecule has 0 saturated carbocycles. The molecule has 0 spiro atoms. The zero-order valence-corrected chi connectivity index (χ0v) is 12.4. The number of carbonyl (C=O) groups is 2. The Labute approximate surface area is 124 Å². The van der Waals surface area contributed by atoms with E-state index in [4.69, 9.17) is 9.84 Å². The number of carbonyl (C=O) groups excluding carboxylic acids is 1. The molecule has 0 aliphatic carbocycles. The number of hydrogen-bond donors (Lipinski definition) is 3. The molecule has 0 aromatic heterocycles. The maximum absolute atomic E-state index is 11.9. The van der Waals surface area contributed by atoms with E-state index in [1.807, 2.05) is 13.8 Å². The summed E-state index contributed by atoms with van der Waals surface area (Å²) in [5.41, 5.74) is 0.601. The lowest BCUT2D eigenvalue weighted by Crippen LogP contribution is -2.39. The van der Waals surface area contributed by atoms with E-state index < -0.39 is 12.0 Å². The van der Waals surface area contributed by atoms with E-state index in [0.29, 0.717) is 24.5 Å². The molecule has 1 atom stereocenters. The first kappa shape index (κ1) is 16.8. The number of rotatable bonds is 8. The minimum absolute atomic E-state index is 0.0831. The second-order valence-electron chi connectivity index (χ2n) is 4.64. The predicted molar refractivity (Wildman–Crippen MR) is 80.7 cm³/mol. The Morgan fingerprint density at radius 3 is 2.71 bits per heavy atom. The molecule has 2 amide bonds. The van der Waals surface area contributed by atoms with E-state index in [9.17, 15) is 9.59 Å². The van der Waals surface area contributed by atoms with Gasteiger partial charge in [0.15, 0.2) is 0 Å². The summed E-state index contributed by atoms with van der Waals surface area (Å²) in [6.07, 6.45) is 1.34. The van der Waals surface area contributed by atoms with Crippen LogP contribution in [0.5, 0.6) is 5.75 Å². The van der Waals surface area contributed by atoms with Gasteiger partial charge in [-0.1, -0.05) is 19.4 Å². The zero-order valence-electron chi connectivity index (χ0n) is 12.4. The van der Waals surface area contributed by atoms with Crippen molar-refractivity contribution in [2.24, 2.45) is 0 Å². The summed E-state index contributed by atoms with van der Waals surface area (Å²) in [7, 11) is 0. The molecule has 0 saturated heterocycles. The van der Waals surface area contributed by atoms with E-state index in [2.05, 4.69) is 10.6 Å². The van der Waals surface area contributed by atoms with Crippen LogP contribution in [0.15, 0.2) is 24.3 Å². The van der Waals surface area contributed by atoms with Crippen LogP contribution in [0.2, 0.25) is 0 Å². The van der Waals surface area contributed by atoms with Gasteiger partial charge in [-0.25, -0.2) is 4.79 Å². The summed E-state index contributed by atoms with van der Waals surface area (Å²) in [5, 5.41) is 14.2. The van der Waals surface area contributed by atoms with Crippen molar-refractivity contribution < 1.29 is 19.4 Å². The fraction of sp³-hybridized carbons (Fsp3) is 0.467. The Kier molecular flexibility index (Phi) is 7.08. The molecule has 1 aromatic rings. The van der Waals surface area contributed by atoms with Crippen LogP contribution in [0.25, 0.3) is 0 Å². The third-order valence-corrected chi connectivity index (χ3v) is 2.80. The molecule has 6 nitrogen and oxygen atoms in total. The summed E-state index contributed by atoms with van der Waals surface area (Å²) in [6, 6.07) is 6.26. The Hall–Kier alpha value is -2.24. The molecular formula is C15H22N2O4. The number of ether oxygens (including phenoxy) is 1.